The van der Waals surface area contributed by atoms with Crippen molar-refractivity contribution in [2.24, 2.45) is 0 Å². The first-order chi connectivity index (χ1) is 11.7. The third kappa shape index (κ3) is 3.79. The van der Waals surface area contributed by atoms with E-state index in [2.05, 4.69) is 10.6 Å². The van der Waals surface area contributed by atoms with Crippen molar-refractivity contribution >= 4 is 17.7 Å². The van der Waals surface area contributed by atoms with E-state index < -0.39 is 0 Å². The molecule has 0 bridgehead atoms. The summed E-state index contributed by atoms with van der Waals surface area (Å²) in [5.74, 6) is -0.0971. The Morgan fingerprint density at radius 1 is 1.21 bits per heavy atom. The monoisotopic (exact) mass is 344 g/mol. The van der Waals surface area contributed by atoms with Crippen LogP contribution in [0.15, 0.2) is 53.4 Å². The van der Waals surface area contributed by atoms with Crippen LogP contribution in [0.2, 0.25) is 0 Å². The largest absolute Gasteiger partial charge is 0.347 e. The molecule has 1 fully saturated rings. The number of benzene rings is 2. The lowest BCUT2D eigenvalue weighted by Gasteiger charge is -2.33. The van der Waals surface area contributed by atoms with E-state index in [-0.39, 0.29) is 23.7 Å². The van der Waals surface area contributed by atoms with Crippen LogP contribution in [0.5, 0.6) is 0 Å². The minimum absolute atomic E-state index is 0.00776. The Morgan fingerprint density at radius 2 is 1.96 bits per heavy atom. The van der Waals surface area contributed by atoms with Crippen LogP contribution < -0.4 is 10.6 Å². The number of carbonyl (C=O) groups is 1. The molecule has 5 heteroatoms. The van der Waals surface area contributed by atoms with Gasteiger partial charge in [0.1, 0.15) is 5.82 Å². The lowest BCUT2D eigenvalue weighted by Crippen LogP contribution is -2.50. The van der Waals surface area contributed by atoms with Gasteiger partial charge in [0.2, 0.25) is 0 Å². The van der Waals surface area contributed by atoms with Crippen LogP contribution in [0, 0.1) is 5.82 Å². The van der Waals surface area contributed by atoms with Crippen LogP contribution in [0.25, 0.3) is 0 Å². The maximum absolute atomic E-state index is 13.2. The molecule has 1 aliphatic heterocycles. The molecule has 0 aliphatic carbocycles. The van der Waals surface area contributed by atoms with Crippen LogP contribution in [0.1, 0.15) is 28.3 Å². The molecular formula is C19H21FN2OS. The Bertz CT molecular complexity index is 705. The van der Waals surface area contributed by atoms with Crippen molar-refractivity contribution in [1.29, 1.82) is 0 Å². The van der Waals surface area contributed by atoms with Gasteiger partial charge in [0.05, 0.1) is 5.56 Å². The van der Waals surface area contributed by atoms with Crippen LogP contribution >= 0.6 is 11.8 Å². The van der Waals surface area contributed by atoms with Crippen LogP contribution in [0.4, 0.5) is 4.39 Å². The molecule has 2 aromatic rings. The second kappa shape index (κ2) is 7.81. The standard InChI is InChI=1S/C19H21FN2OS/c1-24-18-5-3-2-4-16(18)19(23)22-17-12-21-11-10-15(17)13-6-8-14(20)9-7-13/h2-9,15,17,21H,10-12H2,1H3,(H,22,23). The average molecular weight is 344 g/mol. The third-order valence-corrected chi connectivity index (χ3v) is 5.24. The SMILES string of the molecule is CSc1ccccc1C(=O)NC1CNCCC1c1ccc(F)cc1. The quantitative estimate of drug-likeness (QED) is 0.835. The van der Waals surface area contributed by atoms with Gasteiger partial charge in [-0.3, -0.25) is 4.79 Å². The van der Waals surface area contributed by atoms with Crippen molar-refractivity contribution in [3.05, 3.63) is 65.5 Å². The highest BCUT2D eigenvalue weighted by Crippen LogP contribution is 2.27. The molecule has 3 rings (SSSR count). The number of piperidine rings is 1. The van der Waals surface area contributed by atoms with Gasteiger partial charge in [-0.2, -0.15) is 0 Å². The molecular weight excluding hydrogens is 323 g/mol. The first kappa shape index (κ1) is 17.0. The van der Waals surface area contributed by atoms with Crippen molar-refractivity contribution in [3.8, 4) is 0 Å². The lowest BCUT2D eigenvalue weighted by molar-refractivity contribution is 0.0921. The first-order valence-electron chi connectivity index (χ1n) is 8.09. The molecule has 2 N–H and O–H groups in total. The maximum atomic E-state index is 13.2. The van der Waals surface area contributed by atoms with E-state index in [0.717, 1.165) is 30.0 Å². The summed E-state index contributed by atoms with van der Waals surface area (Å²) in [6.07, 6.45) is 2.89. The molecule has 2 aromatic carbocycles. The zero-order chi connectivity index (χ0) is 16.9. The third-order valence-electron chi connectivity index (χ3n) is 4.45. The van der Waals surface area contributed by atoms with Gasteiger partial charge < -0.3 is 10.6 Å². The zero-order valence-corrected chi connectivity index (χ0v) is 14.4. The number of halogens is 1. The Labute approximate surface area is 146 Å². The van der Waals surface area contributed by atoms with Gasteiger partial charge in [-0.25, -0.2) is 4.39 Å². The number of carbonyl (C=O) groups excluding carboxylic acids is 1. The molecule has 1 aliphatic rings. The highest BCUT2D eigenvalue weighted by atomic mass is 32.2. The van der Waals surface area contributed by atoms with Crippen molar-refractivity contribution in [2.45, 2.75) is 23.3 Å². The lowest BCUT2D eigenvalue weighted by atomic mass is 9.86. The summed E-state index contributed by atoms with van der Waals surface area (Å²) in [6, 6.07) is 14.2. The molecule has 0 radical (unpaired) electrons. The number of hydrogen-bond donors (Lipinski definition) is 2. The number of rotatable bonds is 4. The zero-order valence-electron chi connectivity index (χ0n) is 13.6. The molecule has 2 atom stereocenters. The molecule has 2 unspecified atom stereocenters. The van der Waals surface area contributed by atoms with Crippen molar-refractivity contribution < 1.29 is 9.18 Å². The highest BCUT2D eigenvalue weighted by Gasteiger charge is 2.28. The van der Waals surface area contributed by atoms with E-state index in [0.29, 0.717) is 5.56 Å². The number of nitrogens with one attached hydrogen (secondary N) is 2. The maximum Gasteiger partial charge on any atom is 0.252 e. The van der Waals surface area contributed by atoms with Gasteiger partial charge in [-0.05, 0) is 49.1 Å². The van der Waals surface area contributed by atoms with E-state index in [1.807, 2.05) is 42.7 Å². The summed E-state index contributed by atoms with van der Waals surface area (Å²) in [4.78, 5) is 13.7. The fourth-order valence-electron chi connectivity index (χ4n) is 3.20. The van der Waals surface area contributed by atoms with Gasteiger partial charge >= 0.3 is 0 Å². The predicted octanol–water partition coefficient (Wildman–Crippen LogP) is 3.42. The van der Waals surface area contributed by atoms with Crippen LogP contribution in [-0.4, -0.2) is 31.3 Å². The molecule has 1 heterocycles. The molecule has 126 valence electrons. The van der Waals surface area contributed by atoms with Gasteiger partial charge in [0.15, 0.2) is 0 Å². The Hall–Kier alpha value is -1.85. The van der Waals surface area contributed by atoms with E-state index in [4.69, 9.17) is 0 Å². The van der Waals surface area contributed by atoms with E-state index in [1.54, 1.807) is 11.8 Å². The first-order valence-corrected chi connectivity index (χ1v) is 9.31. The van der Waals surface area contributed by atoms with E-state index in [9.17, 15) is 9.18 Å². The van der Waals surface area contributed by atoms with Crippen molar-refractivity contribution in [3.63, 3.8) is 0 Å². The fraction of sp³-hybridized carbons (Fsp3) is 0.316. The number of hydrogen-bond acceptors (Lipinski definition) is 3. The fourth-order valence-corrected chi connectivity index (χ4v) is 3.79. The molecule has 0 saturated carbocycles. The molecule has 3 nitrogen and oxygen atoms in total. The van der Waals surface area contributed by atoms with E-state index in [1.165, 1.54) is 12.1 Å². The molecule has 24 heavy (non-hydrogen) atoms. The average Bonchev–Trinajstić information content (AvgIpc) is 2.63. The predicted molar refractivity (Wildman–Crippen MR) is 96.1 cm³/mol. The van der Waals surface area contributed by atoms with Crippen molar-refractivity contribution in [1.82, 2.24) is 10.6 Å². The second-order valence-electron chi connectivity index (χ2n) is 5.93. The summed E-state index contributed by atoms with van der Waals surface area (Å²) in [5.41, 5.74) is 1.77. The Kier molecular flexibility index (Phi) is 5.53. The minimum atomic E-state index is -0.234. The highest BCUT2D eigenvalue weighted by molar-refractivity contribution is 7.98. The summed E-state index contributed by atoms with van der Waals surface area (Å²) in [5, 5.41) is 6.50. The Morgan fingerprint density at radius 3 is 2.71 bits per heavy atom. The van der Waals surface area contributed by atoms with Gasteiger partial charge in [-0.15, -0.1) is 11.8 Å². The molecule has 0 spiro atoms. The molecule has 1 saturated heterocycles. The summed E-state index contributed by atoms with van der Waals surface area (Å²) in [6.45, 7) is 1.62. The van der Waals surface area contributed by atoms with Gasteiger partial charge in [-0.1, -0.05) is 24.3 Å². The number of amides is 1. The van der Waals surface area contributed by atoms with E-state index >= 15 is 0 Å². The van der Waals surface area contributed by atoms with Gasteiger partial charge in [0, 0.05) is 23.4 Å². The summed E-state index contributed by atoms with van der Waals surface area (Å²) < 4.78 is 13.2. The smallest absolute Gasteiger partial charge is 0.252 e. The van der Waals surface area contributed by atoms with Crippen molar-refractivity contribution in [2.75, 3.05) is 19.3 Å². The van der Waals surface area contributed by atoms with Crippen LogP contribution in [-0.2, 0) is 0 Å². The second-order valence-corrected chi connectivity index (χ2v) is 6.78. The summed E-state index contributed by atoms with van der Waals surface area (Å²) in [7, 11) is 0. The molecule has 1 amide bonds. The van der Waals surface area contributed by atoms with Crippen LogP contribution in [0.3, 0.4) is 0 Å². The topological polar surface area (TPSA) is 41.1 Å². The minimum Gasteiger partial charge on any atom is -0.347 e. The Balaban J connectivity index is 1.78. The number of thioether (sulfide) groups is 1. The normalized spacial score (nSPS) is 20.6. The molecule has 0 aromatic heterocycles. The summed E-state index contributed by atoms with van der Waals surface area (Å²) >= 11 is 1.57. The van der Waals surface area contributed by atoms with Gasteiger partial charge in [0.25, 0.3) is 5.91 Å².